The number of aromatic nitrogens is 2. The molecule has 1 atom stereocenters. The number of hydrogen-bond acceptors (Lipinski definition) is 5. The molecule has 1 aliphatic carbocycles. The van der Waals surface area contributed by atoms with E-state index in [1.165, 1.54) is 6.07 Å². The number of anilines is 1. The molecule has 1 amide bonds. The number of nitrogens with zero attached hydrogens (tertiary/aromatic N) is 3. The smallest absolute Gasteiger partial charge is 0.225 e. The van der Waals surface area contributed by atoms with Crippen molar-refractivity contribution in [3.05, 3.63) is 53.1 Å². The maximum Gasteiger partial charge on any atom is 0.225 e. The maximum atomic E-state index is 13.7. The second-order valence-corrected chi connectivity index (χ2v) is 6.99. The van der Waals surface area contributed by atoms with Gasteiger partial charge in [-0.05, 0) is 30.9 Å². The van der Waals surface area contributed by atoms with Gasteiger partial charge in [0, 0.05) is 43.0 Å². The lowest BCUT2D eigenvalue weighted by molar-refractivity contribution is -0.125. The molecule has 4 rings (SSSR count). The minimum atomic E-state index is -0.296. The van der Waals surface area contributed by atoms with E-state index < -0.39 is 0 Å². The first-order valence-corrected chi connectivity index (χ1v) is 9.39. The lowest BCUT2D eigenvalue weighted by Crippen LogP contribution is -2.38. The van der Waals surface area contributed by atoms with E-state index in [-0.39, 0.29) is 24.2 Å². The van der Waals surface area contributed by atoms with Crippen molar-refractivity contribution in [3.8, 4) is 0 Å². The number of hydrogen-bond donors (Lipinski definition) is 1. The average Bonchev–Trinajstić information content (AvgIpc) is 2.73. The number of rotatable bonds is 4. The van der Waals surface area contributed by atoms with Crippen molar-refractivity contribution in [1.82, 2.24) is 15.3 Å². The van der Waals surface area contributed by atoms with Crippen molar-refractivity contribution < 1.29 is 13.9 Å². The highest BCUT2D eigenvalue weighted by Crippen LogP contribution is 2.26. The van der Waals surface area contributed by atoms with Gasteiger partial charge in [0.15, 0.2) is 0 Å². The van der Waals surface area contributed by atoms with Gasteiger partial charge in [0.2, 0.25) is 11.9 Å². The van der Waals surface area contributed by atoms with Crippen molar-refractivity contribution in [1.29, 1.82) is 0 Å². The minimum Gasteiger partial charge on any atom is -0.378 e. The van der Waals surface area contributed by atoms with Crippen LogP contribution < -0.4 is 10.2 Å². The normalized spacial score (nSPS) is 19.4. The fraction of sp³-hybridized carbons (Fsp3) is 0.450. The molecule has 7 heteroatoms. The van der Waals surface area contributed by atoms with Crippen molar-refractivity contribution in [3.63, 3.8) is 0 Å². The molecular formula is C20H23FN4O2. The third-order valence-corrected chi connectivity index (χ3v) is 5.21. The van der Waals surface area contributed by atoms with E-state index in [2.05, 4.69) is 15.2 Å². The summed E-state index contributed by atoms with van der Waals surface area (Å²) in [6.07, 6.45) is 3.98. The highest BCUT2D eigenvalue weighted by atomic mass is 19.1. The Hall–Kier alpha value is -2.54. The lowest BCUT2D eigenvalue weighted by atomic mass is 9.86. The molecule has 0 saturated carbocycles. The number of carbonyl (C=O) groups excluding carboxylic acids is 1. The predicted octanol–water partition coefficient (Wildman–Crippen LogP) is 1.87. The van der Waals surface area contributed by atoms with E-state index in [9.17, 15) is 9.18 Å². The topological polar surface area (TPSA) is 67.4 Å². The lowest BCUT2D eigenvalue weighted by Gasteiger charge is -2.28. The summed E-state index contributed by atoms with van der Waals surface area (Å²) in [5.74, 6) is 0.290. The number of halogens is 1. The van der Waals surface area contributed by atoms with Crippen LogP contribution in [0.3, 0.4) is 0 Å². The van der Waals surface area contributed by atoms with Crippen molar-refractivity contribution in [2.75, 3.05) is 31.2 Å². The number of carbonyl (C=O) groups is 1. The Labute approximate surface area is 157 Å². The molecule has 142 valence electrons. The SMILES string of the molecule is O=C(NCc1ccccc1F)[C@H]1CCc2nc(N3CCOCC3)ncc2C1. The largest absolute Gasteiger partial charge is 0.378 e. The van der Waals surface area contributed by atoms with Crippen LogP contribution in [0.5, 0.6) is 0 Å². The summed E-state index contributed by atoms with van der Waals surface area (Å²) in [6, 6.07) is 6.50. The van der Waals surface area contributed by atoms with Gasteiger partial charge in [-0.1, -0.05) is 18.2 Å². The number of fused-ring (bicyclic) bond motifs is 1. The Balaban J connectivity index is 1.37. The summed E-state index contributed by atoms with van der Waals surface area (Å²) in [6.45, 7) is 3.22. The minimum absolute atomic E-state index is 0.0406. The molecule has 1 aromatic heterocycles. The zero-order valence-electron chi connectivity index (χ0n) is 15.2. The van der Waals surface area contributed by atoms with Gasteiger partial charge in [-0.2, -0.15) is 0 Å². The van der Waals surface area contributed by atoms with Crippen LogP contribution in [0.2, 0.25) is 0 Å². The first-order chi connectivity index (χ1) is 13.2. The molecule has 0 radical (unpaired) electrons. The molecule has 2 heterocycles. The molecule has 0 unspecified atom stereocenters. The predicted molar refractivity (Wildman–Crippen MR) is 98.8 cm³/mol. The third-order valence-electron chi connectivity index (χ3n) is 5.21. The average molecular weight is 370 g/mol. The van der Waals surface area contributed by atoms with Gasteiger partial charge < -0.3 is 15.0 Å². The van der Waals surface area contributed by atoms with Crippen LogP contribution in [0.1, 0.15) is 23.2 Å². The molecule has 0 bridgehead atoms. The van der Waals surface area contributed by atoms with Gasteiger partial charge in [0.1, 0.15) is 5.82 Å². The van der Waals surface area contributed by atoms with Crippen LogP contribution in [0.25, 0.3) is 0 Å². The molecule has 1 fully saturated rings. The van der Waals surface area contributed by atoms with Crippen LogP contribution in [0, 0.1) is 11.7 Å². The van der Waals surface area contributed by atoms with E-state index in [1.54, 1.807) is 18.2 Å². The van der Waals surface area contributed by atoms with Crippen molar-refractivity contribution in [2.24, 2.45) is 5.92 Å². The molecule has 2 aromatic rings. The Morgan fingerprint density at radius 2 is 2.11 bits per heavy atom. The van der Waals surface area contributed by atoms with Crippen LogP contribution in [0.4, 0.5) is 10.3 Å². The second-order valence-electron chi connectivity index (χ2n) is 6.99. The fourth-order valence-electron chi connectivity index (χ4n) is 3.60. The summed E-state index contributed by atoms with van der Waals surface area (Å²) in [5, 5.41) is 2.86. The molecule has 1 N–H and O–H groups in total. The van der Waals surface area contributed by atoms with Gasteiger partial charge in [0.05, 0.1) is 13.2 Å². The highest BCUT2D eigenvalue weighted by molar-refractivity contribution is 5.79. The Morgan fingerprint density at radius 3 is 2.93 bits per heavy atom. The van der Waals surface area contributed by atoms with Gasteiger partial charge in [-0.3, -0.25) is 4.79 Å². The van der Waals surface area contributed by atoms with Gasteiger partial charge in [-0.25, -0.2) is 14.4 Å². The number of amides is 1. The van der Waals surface area contributed by atoms with E-state index >= 15 is 0 Å². The number of benzene rings is 1. The molecule has 1 saturated heterocycles. The summed E-state index contributed by atoms with van der Waals surface area (Å²) >= 11 is 0. The molecule has 6 nitrogen and oxygen atoms in total. The molecular weight excluding hydrogens is 347 g/mol. The highest BCUT2D eigenvalue weighted by Gasteiger charge is 2.27. The zero-order valence-corrected chi connectivity index (χ0v) is 15.2. The molecule has 2 aliphatic rings. The molecule has 0 spiro atoms. The molecule has 1 aromatic carbocycles. The van der Waals surface area contributed by atoms with Gasteiger partial charge >= 0.3 is 0 Å². The second kappa shape index (κ2) is 8.00. The standard InChI is InChI=1S/C20H23FN4O2/c21-17-4-2-1-3-15(17)12-22-19(26)14-5-6-18-16(11-14)13-23-20(24-18)25-7-9-27-10-8-25/h1-4,13-14H,5-12H2,(H,22,26)/t14-/m0/s1. The zero-order chi connectivity index (χ0) is 18.6. The van der Waals surface area contributed by atoms with Crippen LogP contribution in [-0.2, 0) is 28.9 Å². The summed E-state index contributed by atoms with van der Waals surface area (Å²) in [5.41, 5.74) is 2.56. The summed E-state index contributed by atoms with van der Waals surface area (Å²) in [7, 11) is 0. The van der Waals surface area contributed by atoms with E-state index in [1.807, 2.05) is 6.20 Å². The monoisotopic (exact) mass is 370 g/mol. The van der Waals surface area contributed by atoms with Crippen molar-refractivity contribution in [2.45, 2.75) is 25.8 Å². The first kappa shape index (κ1) is 17.9. The fourth-order valence-corrected chi connectivity index (χ4v) is 3.60. The van der Waals surface area contributed by atoms with E-state index in [0.29, 0.717) is 25.2 Å². The Morgan fingerprint density at radius 1 is 1.30 bits per heavy atom. The van der Waals surface area contributed by atoms with Crippen LogP contribution in [-0.4, -0.2) is 42.2 Å². The number of aryl methyl sites for hydroxylation is 1. The van der Waals surface area contributed by atoms with Crippen LogP contribution >= 0.6 is 0 Å². The summed E-state index contributed by atoms with van der Waals surface area (Å²) < 4.78 is 19.1. The van der Waals surface area contributed by atoms with E-state index in [4.69, 9.17) is 9.72 Å². The molecule has 1 aliphatic heterocycles. The Kier molecular flexibility index (Phi) is 5.29. The quantitative estimate of drug-likeness (QED) is 0.890. The first-order valence-electron chi connectivity index (χ1n) is 9.39. The van der Waals surface area contributed by atoms with Crippen molar-refractivity contribution >= 4 is 11.9 Å². The van der Waals surface area contributed by atoms with E-state index in [0.717, 1.165) is 43.1 Å². The number of morpholine rings is 1. The van der Waals surface area contributed by atoms with Crippen LogP contribution in [0.15, 0.2) is 30.5 Å². The maximum absolute atomic E-state index is 13.7. The summed E-state index contributed by atoms with van der Waals surface area (Å²) in [4.78, 5) is 23.9. The van der Waals surface area contributed by atoms with Gasteiger partial charge in [0.25, 0.3) is 0 Å². The molecule has 27 heavy (non-hydrogen) atoms. The number of nitrogens with one attached hydrogen (secondary N) is 1. The third kappa shape index (κ3) is 4.08. The Bertz CT molecular complexity index is 823. The number of ether oxygens (including phenoxy) is 1. The van der Waals surface area contributed by atoms with Gasteiger partial charge in [-0.15, -0.1) is 0 Å².